The zero-order valence-electron chi connectivity index (χ0n) is 14.7. The van der Waals surface area contributed by atoms with Crippen LogP contribution >= 0.6 is 0 Å². The van der Waals surface area contributed by atoms with Gasteiger partial charge in [-0.2, -0.15) is 5.26 Å². The van der Waals surface area contributed by atoms with Crippen LogP contribution in [-0.4, -0.2) is 50.9 Å². The number of hydrogen-bond acceptors (Lipinski definition) is 5. The van der Waals surface area contributed by atoms with E-state index in [1.54, 1.807) is 18.5 Å². The second kappa shape index (κ2) is 6.09. The number of benzene rings is 1. The van der Waals surface area contributed by atoms with E-state index in [4.69, 9.17) is 5.26 Å². The fraction of sp³-hybridized carbons (Fsp3) is 0.300. The van der Waals surface area contributed by atoms with E-state index in [0.29, 0.717) is 12.0 Å². The molecule has 134 valence electrons. The number of aromatic nitrogens is 3. The van der Waals surface area contributed by atoms with E-state index >= 15 is 0 Å². The first-order valence-electron chi connectivity index (χ1n) is 9.06. The summed E-state index contributed by atoms with van der Waals surface area (Å²) in [6.45, 7) is 1.52. The van der Waals surface area contributed by atoms with Crippen LogP contribution < -0.4 is 4.90 Å². The highest BCUT2D eigenvalue weighted by Crippen LogP contribution is 2.36. The number of H-pyrrole nitrogens is 1. The molecular formula is C20H18N6O. The third-order valence-corrected chi connectivity index (χ3v) is 5.58. The maximum absolute atomic E-state index is 12.8. The Morgan fingerprint density at radius 2 is 2.19 bits per heavy atom. The second-order valence-corrected chi connectivity index (χ2v) is 7.17. The normalized spacial score (nSPS) is 21.0. The van der Waals surface area contributed by atoms with Gasteiger partial charge in [0.25, 0.3) is 0 Å². The van der Waals surface area contributed by atoms with Gasteiger partial charge < -0.3 is 14.8 Å². The Hall–Kier alpha value is -3.40. The first-order valence-corrected chi connectivity index (χ1v) is 9.06. The van der Waals surface area contributed by atoms with E-state index in [2.05, 4.69) is 25.9 Å². The van der Waals surface area contributed by atoms with E-state index in [0.717, 1.165) is 41.9 Å². The van der Waals surface area contributed by atoms with Crippen molar-refractivity contribution in [3.63, 3.8) is 0 Å². The number of anilines is 1. The number of nitriles is 1. The Kier molecular flexibility index (Phi) is 3.57. The van der Waals surface area contributed by atoms with E-state index < -0.39 is 0 Å². The molecule has 27 heavy (non-hydrogen) atoms. The van der Waals surface area contributed by atoms with Gasteiger partial charge in [-0.15, -0.1) is 0 Å². The fourth-order valence-corrected chi connectivity index (χ4v) is 4.35. The number of carbonyl (C=O) groups is 1. The number of rotatable bonds is 3. The minimum atomic E-state index is 0.131. The molecule has 1 amide bonds. The lowest BCUT2D eigenvalue weighted by atomic mass is 10.1. The van der Waals surface area contributed by atoms with Gasteiger partial charge in [0.15, 0.2) is 0 Å². The standard InChI is InChI=1S/C20H18N6O/c21-9-14-3-1-2-13(6-14)7-18(27)25-10-16-8-15(25)11-26(16)20-17-4-5-22-19(17)23-12-24-20/h1-6,12,15-16H,7-8,10-11H2,(H,22,23,24). The zero-order valence-corrected chi connectivity index (χ0v) is 14.7. The highest BCUT2D eigenvalue weighted by atomic mass is 16.2. The third kappa shape index (κ3) is 2.61. The molecular weight excluding hydrogens is 340 g/mol. The van der Waals surface area contributed by atoms with Gasteiger partial charge in [0.2, 0.25) is 5.91 Å². The van der Waals surface area contributed by atoms with E-state index in [1.165, 1.54) is 0 Å². The predicted molar refractivity (Wildman–Crippen MR) is 100 cm³/mol. The van der Waals surface area contributed by atoms with Crippen LogP contribution in [0.25, 0.3) is 11.0 Å². The van der Waals surface area contributed by atoms with Crippen molar-refractivity contribution >= 4 is 22.8 Å². The maximum atomic E-state index is 12.8. The number of carbonyl (C=O) groups excluding carboxylic acids is 1. The molecule has 0 radical (unpaired) electrons. The molecule has 1 N–H and O–H groups in total. The van der Waals surface area contributed by atoms with Crippen molar-refractivity contribution in [2.75, 3.05) is 18.0 Å². The molecule has 2 aromatic heterocycles. The lowest BCUT2D eigenvalue weighted by Crippen LogP contribution is -2.49. The molecule has 2 aliphatic heterocycles. The van der Waals surface area contributed by atoms with Gasteiger partial charge in [-0.25, -0.2) is 9.97 Å². The van der Waals surface area contributed by atoms with Crippen LogP contribution in [0.15, 0.2) is 42.9 Å². The molecule has 2 saturated heterocycles. The highest BCUT2D eigenvalue weighted by molar-refractivity contribution is 5.88. The summed E-state index contributed by atoms with van der Waals surface area (Å²) in [7, 11) is 0. The van der Waals surface area contributed by atoms with Crippen LogP contribution in [0.5, 0.6) is 0 Å². The summed E-state index contributed by atoms with van der Waals surface area (Å²) in [6.07, 6.45) is 4.78. The van der Waals surface area contributed by atoms with Crippen LogP contribution in [0.4, 0.5) is 5.82 Å². The Balaban J connectivity index is 1.32. The van der Waals surface area contributed by atoms with Gasteiger partial charge in [-0.1, -0.05) is 12.1 Å². The van der Waals surface area contributed by atoms with Crippen LogP contribution in [0.1, 0.15) is 17.5 Å². The van der Waals surface area contributed by atoms with Crippen LogP contribution in [0.2, 0.25) is 0 Å². The Morgan fingerprint density at radius 3 is 3.00 bits per heavy atom. The Bertz CT molecular complexity index is 1070. The van der Waals surface area contributed by atoms with Gasteiger partial charge in [-0.05, 0) is 30.2 Å². The summed E-state index contributed by atoms with van der Waals surface area (Å²) < 4.78 is 0. The zero-order chi connectivity index (χ0) is 18.4. The summed E-state index contributed by atoms with van der Waals surface area (Å²) >= 11 is 0. The topological polar surface area (TPSA) is 88.9 Å². The molecule has 7 heteroatoms. The van der Waals surface area contributed by atoms with E-state index in [9.17, 15) is 4.79 Å². The van der Waals surface area contributed by atoms with Gasteiger partial charge in [-0.3, -0.25) is 4.79 Å². The molecule has 4 heterocycles. The summed E-state index contributed by atoms with van der Waals surface area (Å²) in [5.41, 5.74) is 2.32. The SMILES string of the molecule is N#Cc1cccc(CC(=O)N2CC3CC2CN3c2ncnc3[nH]ccc23)c1. The van der Waals surface area contributed by atoms with Gasteiger partial charge in [0, 0.05) is 19.3 Å². The van der Waals surface area contributed by atoms with Crippen molar-refractivity contribution in [3.05, 3.63) is 54.0 Å². The molecule has 2 atom stereocenters. The molecule has 2 fully saturated rings. The van der Waals surface area contributed by atoms with Gasteiger partial charge >= 0.3 is 0 Å². The third-order valence-electron chi connectivity index (χ3n) is 5.58. The molecule has 3 aromatic rings. The van der Waals surface area contributed by atoms with Crippen molar-refractivity contribution < 1.29 is 4.79 Å². The van der Waals surface area contributed by atoms with Crippen molar-refractivity contribution in [1.29, 1.82) is 5.26 Å². The molecule has 5 rings (SSSR count). The predicted octanol–water partition coefficient (Wildman–Crippen LogP) is 1.86. The van der Waals surface area contributed by atoms with Crippen LogP contribution in [0, 0.1) is 11.3 Å². The molecule has 2 aliphatic rings. The first-order chi connectivity index (χ1) is 13.2. The smallest absolute Gasteiger partial charge is 0.227 e. The van der Waals surface area contributed by atoms with Crippen LogP contribution in [-0.2, 0) is 11.2 Å². The van der Waals surface area contributed by atoms with Crippen molar-refractivity contribution in [2.24, 2.45) is 0 Å². The molecule has 1 aromatic carbocycles. The molecule has 0 spiro atoms. The Labute approximate surface area is 156 Å². The number of fused-ring (bicyclic) bond motifs is 3. The number of likely N-dealkylation sites (tertiary alicyclic amines) is 1. The fourth-order valence-electron chi connectivity index (χ4n) is 4.35. The number of nitrogens with one attached hydrogen (secondary N) is 1. The second-order valence-electron chi connectivity index (χ2n) is 7.17. The van der Waals surface area contributed by atoms with Crippen molar-refractivity contribution in [1.82, 2.24) is 19.9 Å². The summed E-state index contributed by atoms with van der Waals surface area (Å²) in [5.74, 6) is 1.08. The molecule has 2 unspecified atom stereocenters. The van der Waals surface area contributed by atoms with Crippen molar-refractivity contribution in [3.8, 4) is 6.07 Å². The molecule has 0 aliphatic carbocycles. The number of aromatic amines is 1. The first kappa shape index (κ1) is 15.8. The average Bonchev–Trinajstić information content (AvgIpc) is 3.42. The summed E-state index contributed by atoms with van der Waals surface area (Å²) in [5, 5.41) is 10.1. The van der Waals surface area contributed by atoms with Crippen LogP contribution in [0.3, 0.4) is 0 Å². The highest BCUT2D eigenvalue weighted by Gasteiger charge is 2.45. The number of amides is 1. The monoisotopic (exact) mass is 358 g/mol. The maximum Gasteiger partial charge on any atom is 0.227 e. The van der Waals surface area contributed by atoms with Crippen molar-refractivity contribution in [2.45, 2.75) is 24.9 Å². The molecule has 2 bridgehead atoms. The van der Waals surface area contributed by atoms with Gasteiger partial charge in [0.1, 0.15) is 17.8 Å². The summed E-state index contributed by atoms with van der Waals surface area (Å²) in [6, 6.07) is 11.9. The van der Waals surface area contributed by atoms with E-state index in [1.807, 2.05) is 29.3 Å². The molecule has 0 saturated carbocycles. The minimum Gasteiger partial charge on any atom is -0.349 e. The number of piperazine rings is 1. The average molecular weight is 358 g/mol. The largest absolute Gasteiger partial charge is 0.349 e. The summed E-state index contributed by atoms with van der Waals surface area (Å²) in [4.78, 5) is 29.0. The quantitative estimate of drug-likeness (QED) is 0.772. The van der Waals surface area contributed by atoms with E-state index in [-0.39, 0.29) is 18.0 Å². The van der Waals surface area contributed by atoms with Gasteiger partial charge in [0.05, 0.1) is 35.5 Å². The Morgan fingerprint density at radius 1 is 1.26 bits per heavy atom. The lowest BCUT2D eigenvalue weighted by Gasteiger charge is -2.35. The lowest BCUT2D eigenvalue weighted by molar-refractivity contribution is -0.131. The number of nitrogens with zero attached hydrogens (tertiary/aromatic N) is 5. The molecule has 7 nitrogen and oxygen atoms in total. The number of hydrogen-bond donors (Lipinski definition) is 1. The minimum absolute atomic E-state index is 0.131.